The molecule has 4 nitrogen and oxygen atoms in total. The van der Waals surface area contributed by atoms with Gasteiger partial charge in [-0.2, -0.15) is 5.26 Å². The molecule has 0 aliphatic carbocycles. The number of nitrogens with two attached hydrogens (primary N) is 1. The Labute approximate surface area is 112 Å². The van der Waals surface area contributed by atoms with Gasteiger partial charge in [-0.1, -0.05) is 18.2 Å². The molecule has 0 fully saturated rings. The third-order valence-electron chi connectivity index (χ3n) is 3.10. The molecule has 19 heavy (non-hydrogen) atoms. The van der Waals surface area contributed by atoms with Gasteiger partial charge in [0.1, 0.15) is 5.82 Å². The number of nitrogens with zero attached hydrogens (tertiary/aromatic N) is 2. The molecule has 0 bridgehead atoms. The molecule has 1 aromatic heterocycles. The fourth-order valence-corrected chi connectivity index (χ4v) is 1.98. The predicted octanol–water partition coefficient (Wildman–Crippen LogP) is 1.99. The lowest BCUT2D eigenvalue weighted by atomic mass is 9.89. The van der Waals surface area contributed by atoms with Gasteiger partial charge < -0.3 is 10.8 Å². The van der Waals surface area contributed by atoms with Gasteiger partial charge in [-0.05, 0) is 36.2 Å². The first-order valence-corrected chi connectivity index (χ1v) is 5.95. The normalized spacial score (nSPS) is 13.5. The molecule has 0 saturated heterocycles. The Balaban J connectivity index is 2.27. The van der Waals surface area contributed by atoms with Crippen LogP contribution in [0, 0.1) is 11.3 Å². The van der Waals surface area contributed by atoms with E-state index in [1.165, 1.54) is 0 Å². The van der Waals surface area contributed by atoms with Crippen LogP contribution in [0.5, 0.6) is 0 Å². The van der Waals surface area contributed by atoms with Crippen LogP contribution in [-0.2, 0) is 12.0 Å². The van der Waals surface area contributed by atoms with Crippen molar-refractivity contribution in [1.82, 2.24) is 4.98 Å². The molecule has 2 rings (SSSR count). The molecule has 2 aromatic rings. The average Bonchev–Trinajstić information content (AvgIpc) is 2.41. The molecule has 1 atom stereocenters. The molecule has 3 N–H and O–H groups in total. The van der Waals surface area contributed by atoms with E-state index < -0.39 is 5.60 Å². The standard InChI is InChI=1S/C15H15N3O/c1-15(19,9-12-3-2-8-18-14(12)17)13-6-4-11(10-16)5-7-13/h2-8,19H,9H2,1H3,(H2,17,18). The summed E-state index contributed by atoms with van der Waals surface area (Å²) in [6, 6.07) is 12.6. The van der Waals surface area contributed by atoms with E-state index in [1.807, 2.05) is 6.07 Å². The smallest absolute Gasteiger partial charge is 0.126 e. The van der Waals surface area contributed by atoms with Crippen molar-refractivity contribution < 1.29 is 5.11 Å². The van der Waals surface area contributed by atoms with E-state index in [1.54, 1.807) is 43.5 Å². The number of pyridine rings is 1. The summed E-state index contributed by atoms with van der Waals surface area (Å²) in [4.78, 5) is 4.01. The molecule has 0 radical (unpaired) electrons. The van der Waals surface area contributed by atoms with E-state index in [-0.39, 0.29) is 0 Å². The van der Waals surface area contributed by atoms with Crippen molar-refractivity contribution in [3.8, 4) is 6.07 Å². The summed E-state index contributed by atoms with van der Waals surface area (Å²) in [5.41, 5.74) is 6.85. The summed E-state index contributed by atoms with van der Waals surface area (Å²) in [5.74, 6) is 0.427. The SMILES string of the molecule is CC(O)(Cc1cccnc1N)c1ccc(C#N)cc1. The van der Waals surface area contributed by atoms with Crippen LogP contribution in [0.4, 0.5) is 5.82 Å². The number of rotatable bonds is 3. The zero-order valence-electron chi connectivity index (χ0n) is 10.7. The second kappa shape index (κ2) is 5.09. The topological polar surface area (TPSA) is 82.9 Å². The number of hydrogen-bond donors (Lipinski definition) is 2. The van der Waals surface area contributed by atoms with Gasteiger partial charge in [0.15, 0.2) is 0 Å². The van der Waals surface area contributed by atoms with Crippen molar-refractivity contribution in [1.29, 1.82) is 5.26 Å². The first kappa shape index (κ1) is 13.1. The lowest BCUT2D eigenvalue weighted by Crippen LogP contribution is -2.25. The van der Waals surface area contributed by atoms with Crippen LogP contribution in [-0.4, -0.2) is 10.1 Å². The van der Waals surface area contributed by atoms with Crippen LogP contribution >= 0.6 is 0 Å². The quantitative estimate of drug-likeness (QED) is 0.876. The zero-order valence-corrected chi connectivity index (χ0v) is 10.7. The fourth-order valence-electron chi connectivity index (χ4n) is 1.98. The summed E-state index contributed by atoms with van der Waals surface area (Å²) >= 11 is 0. The number of aliphatic hydroxyl groups is 1. The molecule has 96 valence electrons. The van der Waals surface area contributed by atoms with E-state index in [9.17, 15) is 5.11 Å². The Morgan fingerprint density at radius 3 is 2.58 bits per heavy atom. The molecule has 4 heteroatoms. The van der Waals surface area contributed by atoms with Crippen LogP contribution in [0.15, 0.2) is 42.6 Å². The summed E-state index contributed by atoms with van der Waals surface area (Å²) in [5, 5.41) is 19.3. The van der Waals surface area contributed by atoms with Crippen molar-refractivity contribution in [2.75, 3.05) is 5.73 Å². The van der Waals surface area contributed by atoms with Gasteiger partial charge in [-0.25, -0.2) is 4.98 Å². The lowest BCUT2D eigenvalue weighted by Gasteiger charge is -2.24. The first-order valence-electron chi connectivity index (χ1n) is 5.95. The zero-order chi connectivity index (χ0) is 13.9. The van der Waals surface area contributed by atoms with Crippen LogP contribution < -0.4 is 5.73 Å². The first-order chi connectivity index (χ1) is 9.03. The number of aromatic nitrogens is 1. The van der Waals surface area contributed by atoms with Crippen LogP contribution in [0.1, 0.15) is 23.6 Å². The number of benzene rings is 1. The second-order valence-electron chi connectivity index (χ2n) is 4.69. The molecule has 1 aromatic carbocycles. The average molecular weight is 253 g/mol. The van der Waals surface area contributed by atoms with Crippen LogP contribution in [0.3, 0.4) is 0 Å². The van der Waals surface area contributed by atoms with Gasteiger partial charge in [0.2, 0.25) is 0 Å². The highest BCUT2D eigenvalue weighted by Gasteiger charge is 2.24. The monoisotopic (exact) mass is 253 g/mol. The van der Waals surface area contributed by atoms with Gasteiger partial charge in [-0.15, -0.1) is 0 Å². The Morgan fingerprint density at radius 1 is 1.32 bits per heavy atom. The van der Waals surface area contributed by atoms with Gasteiger partial charge >= 0.3 is 0 Å². The Hall–Kier alpha value is -2.38. The highest BCUT2D eigenvalue weighted by molar-refractivity contribution is 5.41. The molecule has 0 spiro atoms. The van der Waals surface area contributed by atoms with E-state index in [2.05, 4.69) is 11.1 Å². The molecule has 1 heterocycles. The summed E-state index contributed by atoms with van der Waals surface area (Å²) < 4.78 is 0. The molecular weight excluding hydrogens is 238 g/mol. The minimum Gasteiger partial charge on any atom is -0.385 e. The minimum absolute atomic E-state index is 0.374. The lowest BCUT2D eigenvalue weighted by molar-refractivity contribution is 0.0577. The summed E-state index contributed by atoms with van der Waals surface area (Å²) in [6.45, 7) is 1.72. The molecule has 0 aliphatic heterocycles. The van der Waals surface area contributed by atoms with Gasteiger partial charge in [0.25, 0.3) is 0 Å². The molecule has 0 saturated carbocycles. The largest absolute Gasteiger partial charge is 0.385 e. The van der Waals surface area contributed by atoms with Gasteiger partial charge in [0.05, 0.1) is 17.2 Å². The highest BCUT2D eigenvalue weighted by Crippen LogP contribution is 2.27. The molecule has 1 unspecified atom stereocenters. The van der Waals surface area contributed by atoms with Crippen molar-refractivity contribution in [3.63, 3.8) is 0 Å². The molecule has 0 aliphatic rings. The summed E-state index contributed by atoms with van der Waals surface area (Å²) in [7, 11) is 0. The number of nitrogen functional groups attached to an aromatic ring is 1. The van der Waals surface area contributed by atoms with E-state index in [4.69, 9.17) is 11.0 Å². The minimum atomic E-state index is -1.05. The summed E-state index contributed by atoms with van der Waals surface area (Å²) in [6.07, 6.45) is 1.99. The Morgan fingerprint density at radius 2 is 2.00 bits per heavy atom. The Kier molecular flexibility index (Phi) is 3.50. The van der Waals surface area contributed by atoms with Crippen molar-refractivity contribution in [2.45, 2.75) is 18.9 Å². The van der Waals surface area contributed by atoms with Crippen molar-refractivity contribution in [3.05, 3.63) is 59.3 Å². The number of nitriles is 1. The van der Waals surface area contributed by atoms with E-state index in [0.717, 1.165) is 11.1 Å². The third kappa shape index (κ3) is 2.90. The maximum atomic E-state index is 10.6. The third-order valence-corrected chi connectivity index (χ3v) is 3.10. The van der Waals surface area contributed by atoms with Crippen molar-refractivity contribution >= 4 is 5.82 Å². The van der Waals surface area contributed by atoms with Crippen LogP contribution in [0.2, 0.25) is 0 Å². The maximum Gasteiger partial charge on any atom is 0.126 e. The predicted molar refractivity (Wildman–Crippen MR) is 73.1 cm³/mol. The number of anilines is 1. The van der Waals surface area contributed by atoms with Gasteiger partial charge in [-0.3, -0.25) is 0 Å². The number of hydrogen-bond acceptors (Lipinski definition) is 4. The fraction of sp³-hybridized carbons (Fsp3) is 0.200. The van der Waals surface area contributed by atoms with Crippen LogP contribution in [0.25, 0.3) is 0 Å². The highest BCUT2D eigenvalue weighted by atomic mass is 16.3. The molecular formula is C15H15N3O. The Bertz CT molecular complexity index is 612. The van der Waals surface area contributed by atoms with E-state index in [0.29, 0.717) is 17.8 Å². The van der Waals surface area contributed by atoms with Crippen molar-refractivity contribution in [2.24, 2.45) is 0 Å². The van der Waals surface area contributed by atoms with Gasteiger partial charge in [0, 0.05) is 12.6 Å². The maximum absolute atomic E-state index is 10.6. The van der Waals surface area contributed by atoms with E-state index >= 15 is 0 Å². The molecule has 0 amide bonds. The second-order valence-corrected chi connectivity index (χ2v) is 4.69.